The van der Waals surface area contributed by atoms with Crippen molar-refractivity contribution < 1.29 is 29.3 Å². The second-order valence-corrected chi connectivity index (χ2v) is 8.65. The van der Waals surface area contributed by atoms with Crippen LogP contribution in [0.5, 0.6) is 0 Å². The van der Waals surface area contributed by atoms with Crippen LogP contribution in [-0.2, 0) is 14.3 Å². The molecule has 0 aromatic heterocycles. The fourth-order valence-corrected chi connectivity index (χ4v) is 3.89. The van der Waals surface area contributed by atoms with Crippen molar-refractivity contribution in [1.82, 2.24) is 9.80 Å². The summed E-state index contributed by atoms with van der Waals surface area (Å²) in [6.07, 6.45) is -0.591. The zero-order chi connectivity index (χ0) is 19.9. The van der Waals surface area contributed by atoms with Gasteiger partial charge in [0, 0.05) is 13.0 Å². The normalized spacial score (nSPS) is 27.5. The fraction of sp³-hybridized carbons (Fsp3) is 0.833. The lowest BCUT2D eigenvalue weighted by Gasteiger charge is -2.35. The van der Waals surface area contributed by atoms with Crippen LogP contribution in [0.25, 0.3) is 0 Å². The highest BCUT2D eigenvalue weighted by molar-refractivity contribution is 5.95. The maximum Gasteiger partial charge on any atom is 0.411 e. The van der Waals surface area contributed by atoms with Gasteiger partial charge in [0.1, 0.15) is 23.4 Å². The van der Waals surface area contributed by atoms with Crippen LogP contribution in [0, 0.1) is 5.92 Å². The third-order valence-electron chi connectivity index (χ3n) is 4.89. The smallest absolute Gasteiger partial charge is 0.411 e. The zero-order valence-corrected chi connectivity index (χ0v) is 16.2. The van der Waals surface area contributed by atoms with Crippen molar-refractivity contribution in [2.24, 2.45) is 5.92 Å². The summed E-state index contributed by atoms with van der Waals surface area (Å²) in [5.41, 5.74) is -1.92. The van der Waals surface area contributed by atoms with Gasteiger partial charge in [-0.05, 0) is 46.0 Å². The van der Waals surface area contributed by atoms with Gasteiger partial charge in [-0.25, -0.2) is 9.59 Å². The van der Waals surface area contributed by atoms with Gasteiger partial charge in [-0.15, -0.1) is 0 Å². The molecule has 0 aliphatic carbocycles. The third-order valence-corrected chi connectivity index (χ3v) is 4.89. The number of likely N-dealkylation sites (tertiary alicyclic amines) is 2. The van der Waals surface area contributed by atoms with Crippen molar-refractivity contribution in [3.05, 3.63) is 0 Å². The topological polar surface area (TPSA) is 107 Å². The summed E-state index contributed by atoms with van der Waals surface area (Å²) in [7, 11) is 0. The molecule has 0 aromatic carbocycles. The average Bonchev–Trinajstić information content (AvgIpc) is 2.98. The molecule has 2 amide bonds. The SMILES string of the molecule is CC(C)CC(C(=O)O)N1C(=O)[C@]2(CCCN2C(=O)OC(C)(C)C)CC1O. The number of rotatable bonds is 4. The second kappa shape index (κ2) is 7.06. The first-order valence-electron chi connectivity index (χ1n) is 9.13. The van der Waals surface area contributed by atoms with Crippen LogP contribution < -0.4 is 0 Å². The minimum Gasteiger partial charge on any atom is -0.480 e. The number of carbonyl (C=O) groups is 3. The number of aliphatic carboxylic acids is 1. The summed E-state index contributed by atoms with van der Waals surface area (Å²) in [5.74, 6) is -1.61. The van der Waals surface area contributed by atoms with Crippen molar-refractivity contribution in [2.75, 3.05) is 6.54 Å². The van der Waals surface area contributed by atoms with Gasteiger partial charge >= 0.3 is 12.1 Å². The molecule has 1 spiro atoms. The molecule has 3 atom stereocenters. The maximum atomic E-state index is 13.2. The van der Waals surface area contributed by atoms with Crippen LogP contribution in [0.3, 0.4) is 0 Å². The average molecular weight is 370 g/mol. The number of ether oxygens (including phenoxy) is 1. The Morgan fingerprint density at radius 3 is 2.46 bits per heavy atom. The van der Waals surface area contributed by atoms with Crippen LogP contribution >= 0.6 is 0 Å². The van der Waals surface area contributed by atoms with Crippen molar-refractivity contribution in [2.45, 2.75) is 83.7 Å². The molecule has 0 bridgehead atoms. The summed E-state index contributed by atoms with van der Waals surface area (Å²) >= 11 is 0. The molecule has 2 saturated heterocycles. The Balaban J connectivity index is 2.31. The van der Waals surface area contributed by atoms with Crippen molar-refractivity contribution in [3.63, 3.8) is 0 Å². The first-order chi connectivity index (χ1) is 11.9. The third kappa shape index (κ3) is 3.79. The first kappa shape index (κ1) is 20.5. The highest BCUT2D eigenvalue weighted by atomic mass is 16.6. The molecular formula is C18H30N2O6. The van der Waals surface area contributed by atoms with E-state index in [0.29, 0.717) is 19.4 Å². The molecule has 8 nitrogen and oxygen atoms in total. The molecule has 2 unspecified atom stereocenters. The van der Waals surface area contributed by atoms with E-state index in [4.69, 9.17) is 4.74 Å². The van der Waals surface area contributed by atoms with Crippen LogP contribution in [0.15, 0.2) is 0 Å². The molecule has 2 rings (SSSR count). The van der Waals surface area contributed by atoms with E-state index in [-0.39, 0.29) is 18.8 Å². The largest absolute Gasteiger partial charge is 0.480 e. The molecule has 2 heterocycles. The predicted octanol–water partition coefficient (Wildman–Crippen LogP) is 1.81. The van der Waals surface area contributed by atoms with Gasteiger partial charge in [0.05, 0.1) is 0 Å². The number of aliphatic hydroxyl groups is 1. The Morgan fingerprint density at radius 1 is 1.35 bits per heavy atom. The molecule has 0 saturated carbocycles. The lowest BCUT2D eigenvalue weighted by atomic mass is 9.94. The van der Waals surface area contributed by atoms with E-state index in [2.05, 4.69) is 0 Å². The van der Waals surface area contributed by atoms with E-state index in [1.54, 1.807) is 20.8 Å². The lowest BCUT2D eigenvalue weighted by molar-refractivity contribution is -0.157. The van der Waals surface area contributed by atoms with Gasteiger partial charge in [0.25, 0.3) is 5.91 Å². The Labute approximate surface area is 154 Å². The van der Waals surface area contributed by atoms with E-state index in [1.165, 1.54) is 4.90 Å². The number of hydrogen-bond donors (Lipinski definition) is 2. The number of carbonyl (C=O) groups excluding carboxylic acids is 2. The van der Waals surface area contributed by atoms with Crippen molar-refractivity contribution >= 4 is 18.0 Å². The highest BCUT2D eigenvalue weighted by Gasteiger charge is 2.61. The van der Waals surface area contributed by atoms with E-state index >= 15 is 0 Å². The fourth-order valence-electron chi connectivity index (χ4n) is 3.89. The van der Waals surface area contributed by atoms with Gasteiger partial charge in [0.15, 0.2) is 0 Å². The molecular weight excluding hydrogens is 340 g/mol. The van der Waals surface area contributed by atoms with Gasteiger partial charge in [0.2, 0.25) is 0 Å². The summed E-state index contributed by atoms with van der Waals surface area (Å²) in [6, 6.07) is -1.11. The van der Waals surface area contributed by atoms with Crippen LogP contribution in [-0.4, -0.2) is 67.9 Å². The van der Waals surface area contributed by atoms with Crippen molar-refractivity contribution in [1.29, 1.82) is 0 Å². The highest BCUT2D eigenvalue weighted by Crippen LogP contribution is 2.43. The number of hydrogen-bond acceptors (Lipinski definition) is 5. The van der Waals surface area contributed by atoms with Gasteiger partial charge in [-0.3, -0.25) is 9.69 Å². The first-order valence-corrected chi connectivity index (χ1v) is 9.13. The van der Waals surface area contributed by atoms with E-state index in [9.17, 15) is 24.6 Å². The standard InChI is InChI=1S/C18H30N2O6/c1-11(2)9-12(14(22)23)20-13(21)10-18(15(20)24)7-6-8-19(18)16(25)26-17(3,4)5/h11-13,21H,6-10H2,1-5H3,(H,22,23)/t12?,13?,18-/m0/s1. The number of carboxylic acid groups (broad SMARTS) is 1. The molecule has 2 aliphatic heterocycles. The molecule has 2 N–H and O–H groups in total. The minimum absolute atomic E-state index is 0.00690. The van der Waals surface area contributed by atoms with E-state index in [0.717, 1.165) is 4.90 Å². The number of carboxylic acids is 1. The Bertz CT molecular complexity index is 585. The molecule has 26 heavy (non-hydrogen) atoms. The van der Waals surface area contributed by atoms with Gasteiger partial charge in [-0.2, -0.15) is 0 Å². The minimum atomic E-state index is -1.23. The molecule has 2 aliphatic rings. The zero-order valence-electron chi connectivity index (χ0n) is 16.2. The molecule has 0 aromatic rings. The quantitative estimate of drug-likeness (QED) is 0.781. The molecule has 8 heteroatoms. The summed E-state index contributed by atoms with van der Waals surface area (Å²) in [4.78, 5) is 39.9. The van der Waals surface area contributed by atoms with Crippen LogP contribution in [0.4, 0.5) is 4.79 Å². The maximum absolute atomic E-state index is 13.2. The van der Waals surface area contributed by atoms with E-state index < -0.39 is 41.4 Å². The van der Waals surface area contributed by atoms with E-state index in [1.807, 2.05) is 13.8 Å². The van der Waals surface area contributed by atoms with Crippen LogP contribution in [0.2, 0.25) is 0 Å². The molecule has 0 radical (unpaired) electrons. The van der Waals surface area contributed by atoms with Crippen LogP contribution in [0.1, 0.15) is 60.3 Å². The van der Waals surface area contributed by atoms with Crippen molar-refractivity contribution in [3.8, 4) is 0 Å². The van der Waals surface area contributed by atoms with Gasteiger partial charge in [-0.1, -0.05) is 13.8 Å². The Hall–Kier alpha value is -1.83. The number of amides is 2. The predicted molar refractivity (Wildman–Crippen MR) is 93.3 cm³/mol. The monoisotopic (exact) mass is 370 g/mol. The number of aliphatic hydroxyl groups excluding tert-OH is 1. The summed E-state index contributed by atoms with van der Waals surface area (Å²) in [5, 5.41) is 20.1. The summed E-state index contributed by atoms with van der Waals surface area (Å²) in [6.45, 7) is 9.31. The van der Waals surface area contributed by atoms with Gasteiger partial charge < -0.3 is 19.8 Å². The second-order valence-electron chi connectivity index (χ2n) is 8.65. The molecule has 148 valence electrons. The molecule has 2 fully saturated rings. The Morgan fingerprint density at radius 2 is 1.96 bits per heavy atom. The summed E-state index contributed by atoms with van der Waals surface area (Å²) < 4.78 is 5.42. The lowest BCUT2D eigenvalue weighted by Crippen LogP contribution is -2.56. The number of nitrogens with zero attached hydrogens (tertiary/aromatic N) is 2. The Kier molecular flexibility index (Phi) is 5.56.